The molecule has 0 bridgehead atoms. The van der Waals surface area contributed by atoms with Gasteiger partial charge >= 0.3 is 0 Å². The number of fused-ring (bicyclic) bond motifs is 1. The molecule has 13 heavy (non-hydrogen) atoms. The minimum absolute atomic E-state index is 0.415. The molecule has 4 nitrogen and oxygen atoms in total. The average molecular weight is 177 g/mol. The highest BCUT2D eigenvalue weighted by Gasteiger charge is 2.01. The zero-order valence-electron chi connectivity index (χ0n) is 7.37. The van der Waals surface area contributed by atoms with Crippen LogP contribution < -0.4 is 11.1 Å². The number of oxazole rings is 1. The van der Waals surface area contributed by atoms with E-state index in [0.29, 0.717) is 12.6 Å². The Labute approximate surface area is 75.7 Å². The molecule has 0 radical (unpaired) electrons. The Bertz CT molecular complexity index is 422. The lowest BCUT2D eigenvalue weighted by Gasteiger charge is -2.00. The normalized spacial score (nSPS) is 10.6. The van der Waals surface area contributed by atoms with Crippen molar-refractivity contribution in [1.29, 1.82) is 0 Å². The summed E-state index contributed by atoms with van der Waals surface area (Å²) < 4.78 is 5.36. The molecular formula is C9H11N3O. The van der Waals surface area contributed by atoms with Crippen molar-refractivity contribution in [2.24, 2.45) is 5.73 Å². The van der Waals surface area contributed by atoms with Crippen LogP contribution in [0.2, 0.25) is 0 Å². The summed E-state index contributed by atoms with van der Waals surface area (Å²) >= 11 is 0. The third kappa shape index (κ3) is 1.48. The minimum Gasteiger partial charge on any atom is -0.441 e. The van der Waals surface area contributed by atoms with Gasteiger partial charge in [0, 0.05) is 18.7 Å². The van der Waals surface area contributed by atoms with Crippen molar-refractivity contribution in [2.45, 2.75) is 6.92 Å². The predicted molar refractivity (Wildman–Crippen MR) is 51.4 cm³/mol. The topological polar surface area (TPSA) is 64.1 Å². The zero-order valence-corrected chi connectivity index (χ0v) is 7.37. The summed E-state index contributed by atoms with van der Waals surface area (Å²) in [6.45, 7) is 2.24. The number of benzene rings is 1. The molecule has 0 saturated heterocycles. The lowest BCUT2D eigenvalue weighted by Crippen LogP contribution is -2.10. The van der Waals surface area contributed by atoms with E-state index in [9.17, 15) is 0 Å². The molecule has 3 N–H and O–H groups in total. The Balaban J connectivity index is 2.48. The molecule has 0 unspecified atom stereocenters. The van der Waals surface area contributed by atoms with Gasteiger partial charge in [-0.3, -0.25) is 0 Å². The molecule has 4 heteroatoms. The van der Waals surface area contributed by atoms with Gasteiger partial charge in [-0.15, -0.1) is 0 Å². The number of hydrogen-bond acceptors (Lipinski definition) is 4. The second-order valence-electron chi connectivity index (χ2n) is 2.80. The molecule has 2 aromatic rings. The highest BCUT2D eigenvalue weighted by molar-refractivity contribution is 5.77. The van der Waals surface area contributed by atoms with E-state index in [2.05, 4.69) is 10.3 Å². The van der Waals surface area contributed by atoms with E-state index >= 15 is 0 Å². The van der Waals surface area contributed by atoms with Crippen LogP contribution in [-0.4, -0.2) is 11.7 Å². The maximum absolute atomic E-state index is 5.36. The van der Waals surface area contributed by atoms with Crippen LogP contribution in [0.25, 0.3) is 11.1 Å². The average Bonchev–Trinajstić information content (AvgIpc) is 2.44. The molecule has 0 amide bonds. The van der Waals surface area contributed by atoms with E-state index in [1.54, 1.807) is 0 Å². The molecule has 0 saturated carbocycles. The van der Waals surface area contributed by atoms with Gasteiger partial charge in [-0.2, -0.15) is 0 Å². The van der Waals surface area contributed by atoms with Gasteiger partial charge in [-0.1, -0.05) is 0 Å². The summed E-state index contributed by atoms with van der Waals surface area (Å²) in [4.78, 5) is 4.19. The van der Waals surface area contributed by atoms with Gasteiger partial charge in [-0.05, 0) is 12.1 Å². The van der Waals surface area contributed by atoms with E-state index < -0.39 is 0 Å². The van der Waals surface area contributed by atoms with Crippen molar-refractivity contribution in [1.82, 2.24) is 4.98 Å². The van der Waals surface area contributed by atoms with E-state index in [1.807, 2.05) is 25.1 Å². The van der Waals surface area contributed by atoms with Crippen LogP contribution in [0.5, 0.6) is 0 Å². The molecule has 0 aliphatic heterocycles. The second-order valence-corrected chi connectivity index (χ2v) is 2.80. The van der Waals surface area contributed by atoms with Crippen molar-refractivity contribution >= 4 is 16.8 Å². The number of rotatable bonds is 2. The monoisotopic (exact) mass is 177 g/mol. The van der Waals surface area contributed by atoms with Crippen molar-refractivity contribution in [3.63, 3.8) is 0 Å². The van der Waals surface area contributed by atoms with Crippen LogP contribution in [0.15, 0.2) is 22.6 Å². The summed E-state index contributed by atoms with van der Waals surface area (Å²) in [6, 6.07) is 5.73. The van der Waals surface area contributed by atoms with Gasteiger partial charge in [0.15, 0.2) is 11.5 Å². The molecule has 1 aromatic carbocycles. The van der Waals surface area contributed by atoms with Crippen molar-refractivity contribution < 1.29 is 4.42 Å². The van der Waals surface area contributed by atoms with Gasteiger partial charge in [-0.25, -0.2) is 4.98 Å². The highest BCUT2D eigenvalue weighted by Crippen LogP contribution is 2.19. The van der Waals surface area contributed by atoms with Crippen LogP contribution in [0, 0.1) is 6.92 Å². The molecule has 2 rings (SSSR count). The maximum atomic E-state index is 5.36. The number of nitrogens with one attached hydrogen (secondary N) is 1. The Kier molecular flexibility index (Phi) is 1.90. The summed E-state index contributed by atoms with van der Waals surface area (Å²) in [7, 11) is 0. The first kappa shape index (κ1) is 8.07. The fourth-order valence-corrected chi connectivity index (χ4v) is 1.27. The first-order chi connectivity index (χ1) is 6.29. The standard InChI is InChI=1S/C9H11N3O/c1-6-12-8-3-2-7(11-5-10)4-9(8)13-6/h2-4,11H,5,10H2,1H3. The SMILES string of the molecule is Cc1nc2ccc(NCN)cc2o1. The summed E-state index contributed by atoms with van der Waals surface area (Å²) in [5.74, 6) is 0.680. The summed E-state index contributed by atoms with van der Waals surface area (Å²) in [6.07, 6.45) is 0. The van der Waals surface area contributed by atoms with E-state index in [-0.39, 0.29) is 0 Å². The van der Waals surface area contributed by atoms with Crippen LogP contribution in [0.1, 0.15) is 5.89 Å². The van der Waals surface area contributed by atoms with Gasteiger partial charge in [0.1, 0.15) is 5.52 Å². The van der Waals surface area contributed by atoms with Crippen LogP contribution >= 0.6 is 0 Å². The number of aryl methyl sites for hydroxylation is 1. The Morgan fingerprint density at radius 2 is 2.38 bits per heavy atom. The first-order valence-electron chi connectivity index (χ1n) is 4.11. The highest BCUT2D eigenvalue weighted by atomic mass is 16.3. The molecule has 1 heterocycles. The molecule has 1 aromatic heterocycles. The second kappa shape index (κ2) is 3.06. The Hall–Kier alpha value is -1.55. The smallest absolute Gasteiger partial charge is 0.192 e. The van der Waals surface area contributed by atoms with Gasteiger partial charge in [0.05, 0.1) is 6.67 Å². The number of anilines is 1. The zero-order chi connectivity index (χ0) is 9.26. The van der Waals surface area contributed by atoms with Crippen LogP contribution in [0.3, 0.4) is 0 Å². The number of aromatic nitrogens is 1. The number of hydrogen-bond donors (Lipinski definition) is 2. The lowest BCUT2D eigenvalue weighted by molar-refractivity contribution is 0.561. The fraction of sp³-hybridized carbons (Fsp3) is 0.222. The third-order valence-electron chi connectivity index (χ3n) is 1.80. The van der Waals surface area contributed by atoms with Crippen molar-refractivity contribution in [3.05, 3.63) is 24.1 Å². The summed E-state index contributed by atoms with van der Waals surface area (Å²) in [5.41, 5.74) is 7.97. The minimum atomic E-state index is 0.415. The van der Waals surface area contributed by atoms with E-state index in [0.717, 1.165) is 16.8 Å². The first-order valence-corrected chi connectivity index (χ1v) is 4.11. The van der Waals surface area contributed by atoms with Crippen molar-refractivity contribution in [2.75, 3.05) is 12.0 Å². The van der Waals surface area contributed by atoms with E-state index in [1.165, 1.54) is 0 Å². The van der Waals surface area contributed by atoms with Crippen molar-refractivity contribution in [3.8, 4) is 0 Å². The van der Waals surface area contributed by atoms with E-state index in [4.69, 9.17) is 10.2 Å². The maximum Gasteiger partial charge on any atom is 0.192 e. The van der Waals surface area contributed by atoms with Gasteiger partial charge in [0.2, 0.25) is 0 Å². The van der Waals surface area contributed by atoms with Gasteiger partial charge < -0.3 is 15.5 Å². The number of nitrogens with zero attached hydrogens (tertiary/aromatic N) is 1. The molecule has 0 spiro atoms. The third-order valence-corrected chi connectivity index (χ3v) is 1.80. The molecule has 0 aliphatic rings. The molecular weight excluding hydrogens is 166 g/mol. The molecule has 0 fully saturated rings. The molecule has 0 aliphatic carbocycles. The number of nitrogens with two attached hydrogens (primary N) is 1. The molecule has 0 atom stereocenters. The Morgan fingerprint density at radius 3 is 3.15 bits per heavy atom. The van der Waals surface area contributed by atoms with Gasteiger partial charge in [0.25, 0.3) is 0 Å². The quantitative estimate of drug-likeness (QED) is 0.682. The lowest BCUT2D eigenvalue weighted by atomic mass is 10.3. The largest absolute Gasteiger partial charge is 0.441 e. The fourth-order valence-electron chi connectivity index (χ4n) is 1.27. The Morgan fingerprint density at radius 1 is 1.54 bits per heavy atom. The summed E-state index contributed by atoms with van der Waals surface area (Å²) in [5, 5.41) is 3.00. The molecule has 68 valence electrons. The predicted octanol–water partition coefficient (Wildman–Crippen LogP) is 1.46. The van der Waals surface area contributed by atoms with Crippen LogP contribution in [-0.2, 0) is 0 Å². The van der Waals surface area contributed by atoms with Crippen LogP contribution in [0.4, 0.5) is 5.69 Å².